The molecule has 0 heterocycles. The molecule has 3 rings (SSSR count). The van der Waals surface area contributed by atoms with Gasteiger partial charge in [-0.2, -0.15) is 0 Å². The van der Waals surface area contributed by atoms with E-state index in [4.69, 9.17) is 4.74 Å². The number of hydrogen-bond acceptors (Lipinski definition) is 3. The summed E-state index contributed by atoms with van der Waals surface area (Å²) in [5, 5.41) is 2.98. The highest BCUT2D eigenvalue weighted by Gasteiger charge is 2.21. The van der Waals surface area contributed by atoms with Gasteiger partial charge in [-0.15, -0.1) is 0 Å². The van der Waals surface area contributed by atoms with Gasteiger partial charge in [0.15, 0.2) is 6.61 Å². The zero-order valence-corrected chi connectivity index (χ0v) is 13.5. The van der Waals surface area contributed by atoms with Crippen LogP contribution in [0.15, 0.2) is 54.6 Å². The zero-order valence-electron chi connectivity index (χ0n) is 13.5. The third-order valence-electron chi connectivity index (χ3n) is 4.26. The predicted molar refractivity (Wildman–Crippen MR) is 91.4 cm³/mol. The number of benzene rings is 2. The number of aryl methyl sites for hydroxylation is 1. The quantitative estimate of drug-likeness (QED) is 0.861. The molecule has 0 aromatic heterocycles. The number of ether oxygens (including phenoxy) is 1. The van der Waals surface area contributed by atoms with E-state index in [1.54, 1.807) is 0 Å². The Morgan fingerprint density at radius 3 is 2.62 bits per heavy atom. The van der Waals surface area contributed by atoms with E-state index < -0.39 is 0 Å². The molecule has 0 bridgehead atoms. The lowest BCUT2D eigenvalue weighted by molar-refractivity contribution is -0.148. The average molecular weight is 323 g/mol. The molecular formula is C20H21NO3. The molecule has 124 valence electrons. The van der Waals surface area contributed by atoms with Crippen molar-refractivity contribution in [1.29, 1.82) is 0 Å². The van der Waals surface area contributed by atoms with Crippen molar-refractivity contribution in [3.63, 3.8) is 0 Å². The molecule has 4 nitrogen and oxygen atoms in total. The molecule has 1 aliphatic carbocycles. The molecule has 2 aromatic rings. The van der Waals surface area contributed by atoms with Gasteiger partial charge in [-0.3, -0.25) is 9.59 Å². The van der Waals surface area contributed by atoms with E-state index in [0.717, 1.165) is 24.8 Å². The second-order valence-electron chi connectivity index (χ2n) is 6.03. The first-order valence-electron chi connectivity index (χ1n) is 8.29. The summed E-state index contributed by atoms with van der Waals surface area (Å²) in [4.78, 5) is 23.9. The number of carbonyl (C=O) groups is 2. The normalized spacial score (nSPS) is 16.1. The SMILES string of the molecule is O=C(COC(=O)Cc1ccccc1)N[C@@H]1CCCc2ccccc21. The first-order chi connectivity index (χ1) is 11.7. The van der Waals surface area contributed by atoms with Crippen molar-refractivity contribution in [1.82, 2.24) is 5.32 Å². The maximum atomic E-state index is 12.1. The average Bonchev–Trinajstić information content (AvgIpc) is 2.61. The molecular weight excluding hydrogens is 302 g/mol. The van der Waals surface area contributed by atoms with Gasteiger partial charge >= 0.3 is 5.97 Å². The van der Waals surface area contributed by atoms with Crippen molar-refractivity contribution < 1.29 is 14.3 Å². The molecule has 0 aliphatic heterocycles. The van der Waals surface area contributed by atoms with Gasteiger partial charge in [0.25, 0.3) is 5.91 Å². The van der Waals surface area contributed by atoms with Crippen LogP contribution in [0.5, 0.6) is 0 Å². The van der Waals surface area contributed by atoms with Crippen LogP contribution in [0.2, 0.25) is 0 Å². The van der Waals surface area contributed by atoms with Crippen LogP contribution >= 0.6 is 0 Å². The molecule has 0 spiro atoms. The number of fused-ring (bicyclic) bond motifs is 1. The van der Waals surface area contributed by atoms with Crippen LogP contribution in [0.25, 0.3) is 0 Å². The zero-order chi connectivity index (χ0) is 16.8. The molecule has 0 saturated carbocycles. The van der Waals surface area contributed by atoms with Gasteiger partial charge in [-0.05, 0) is 36.0 Å². The summed E-state index contributed by atoms with van der Waals surface area (Å²) in [5.41, 5.74) is 3.34. The van der Waals surface area contributed by atoms with Crippen LogP contribution < -0.4 is 5.32 Å². The minimum Gasteiger partial charge on any atom is -0.455 e. The number of rotatable bonds is 5. The molecule has 1 aliphatic rings. The van der Waals surface area contributed by atoms with Gasteiger partial charge < -0.3 is 10.1 Å². The molecule has 1 atom stereocenters. The number of carbonyl (C=O) groups excluding carboxylic acids is 2. The van der Waals surface area contributed by atoms with E-state index in [1.807, 2.05) is 42.5 Å². The van der Waals surface area contributed by atoms with Crippen LogP contribution in [0, 0.1) is 0 Å². The Hall–Kier alpha value is -2.62. The highest BCUT2D eigenvalue weighted by molar-refractivity contribution is 5.81. The number of esters is 1. The van der Waals surface area contributed by atoms with Crippen molar-refractivity contribution in [2.24, 2.45) is 0 Å². The van der Waals surface area contributed by atoms with Crippen LogP contribution in [0.1, 0.15) is 35.6 Å². The fraction of sp³-hybridized carbons (Fsp3) is 0.300. The van der Waals surface area contributed by atoms with Gasteiger partial charge in [-0.1, -0.05) is 54.6 Å². The fourth-order valence-corrected chi connectivity index (χ4v) is 3.10. The van der Waals surface area contributed by atoms with Crippen molar-refractivity contribution in [3.05, 3.63) is 71.3 Å². The lowest BCUT2D eigenvalue weighted by Gasteiger charge is -2.26. The van der Waals surface area contributed by atoms with E-state index in [2.05, 4.69) is 17.4 Å². The van der Waals surface area contributed by atoms with Crippen LogP contribution in [-0.2, 0) is 27.2 Å². The van der Waals surface area contributed by atoms with Crippen molar-refractivity contribution >= 4 is 11.9 Å². The lowest BCUT2D eigenvalue weighted by atomic mass is 9.88. The highest BCUT2D eigenvalue weighted by atomic mass is 16.5. The summed E-state index contributed by atoms with van der Waals surface area (Å²) in [6.07, 6.45) is 3.20. The maximum Gasteiger partial charge on any atom is 0.310 e. The third-order valence-corrected chi connectivity index (χ3v) is 4.26. The number of hydrogen-bond donors (Lipinski definition) is 1. The molecule has 24 heavy (non-hydrogen) atoms. The third kappa shape index (κ3) is 4.22. The Labute approximate surface area is 141 Å². The molecule has 1 amide bonds. The van der Waals surface area contributed by atoms with Gasteiger partial charge in [0, 0.05) is 0 Å². The maximum absolute atomic E-state index is 12.1. The minimum atomic E-state index is -0.389. The Balaban J connectivity index is 1.49. The van der Waals surface area contributed by atoms with Gasteiger partial charge in [0.2, 0.25) is 0 Å². The molecule has 0 fully saturated rings. The van der Waals surface area contributed by atoms with E-state index in [9.17, 15) is 9.59 Å². The van der Waals surface area contributed by atoms with Gasteiger partial charge in [-0.25, -0.2) is 0 Å². The fourth-order valence-electron chi connectivity index (χ4n) is 3.10. The monoisotopic (exact) mass is 323 g/mol. The van der Waals surface area contributed by atoms with Crippen LogP contribution in [0.4, 0.5) is 0 Å². The van der Waals surface area contributed by atoms with Gasteiger partial charge in [0.1, 0.15) is 0 Å². The Kier molecular flexibility index (Phi) is 5.26. The van der Waals surface area contributed by atoms with E-state index in [1.165, 1.54) is 11.1 Å². The summed E-state index contributed by atoms with van der Waals surface area (Å²) < 4.78 is 5.09. The van der Waals surface area contributed by atoms with Crippen molar-refractivity contribution in [2.75, 3.05) is 6.61 Å². The summed E-state index contributed by atoms with van der Waals surface area (Å²) in [6.45, 7) is -0.232. The molecule has 2 aromatic carbocycles. The van der Waals surface area contributed by atoms with Crippen molar-refractivity contribution in [2.45, 2.75) is 31.7 Å². The predicted octanol–water partition coefficient (Wildman–Crippen LogP) is 2.97. The molecule has 4 heteroatoms. The number of amides is 1. The molecule has 0 unspecified atom stereocenters. The number of nitrogens with one attached hydrogen (secondary N) is 1. The van der Waals surface area contributed by atoms with Crippen LogP contribution in [0.3, 0.4) is 0 Å². The van der Waals surface area contributed by atoms with E-state index in [-0.39, 0.29) is 30.9 Å². The summed E-state index contributed by atoms with van der Waals surface area (Å²) in [6, 6.07) is 17.5. The van der Waals surface area contributed by atoms with Gasteiger partial charge in [0.05, 0.1) is 12.5 Å². The summed E-state index contributed by atoms with van der Waals surface area (Å²) in [5.74, 6) is -0.640. The topological polar surface area (TPSA) is 55.4 Å². The largest absolute Gasteiger partial charge is 0.455 e. The van der Waals surface area contributed by atoms with E-state index >= 15 is 0 Å². The van der Waals surface area contributed by atoms with Crippen LogP contribution in [-0.4, -0.2) is 18.5 Å². The Bertz CT molecular complexity index is 712. The van der Waals surface area contributed by atoms with E-state index in [0.29, 0.717) is 0 Å². The molecule has 0 radical (unpaired) electrons. The first kappa shape index (κ1) is 16.2. The Morgan fingerprint density at radius 2 is 1.79 bits per heavy atom. The minimum absolute atomic E-state index is 0.00951. The lowest BCUT2D eigenvalue weighted by Crippen LogP contribution is -2.34. The highest BCUT2D eigenvalue weighted by Crippen LogP contribution is 2.29. The second-order valence-corrected chi connectivity index (χ2v) is 6.03. The van der Waals surface area contributed by atoms with Crippen molar-refractivity contribution in [3.8, 4) is 0 Å². The standard InChI is InChI=1S/C20H21NO3/c22-19(14-24-20(23)13-15-7-2-1-3-8-15)21-18-12-6-10-16-9-4-5-11-17(16)18/h1-5,7-9,11,18H,6,10,12-14H2,(H,21,22)/t18-/m1/s1. The first-order valence-corrected chi connectivity index (χ1v) is 8.29. The molecule has 1 N–H and O–H groups in total. The smallest absolute Gasteiger partial charge is 0.310 e. The second kappa shape index (κ2) is 7.77. The molecule has 0 saturated heterocycles. The summed E-state index contributed by atoms with van der Waals surface area (Å²) in [7, 11) is 0. The summed E-state index contributed by atoms with van der Waals surface area (Å²) >= 11 is 0. The Morgan fingerprint density at radius 1 is 1.04 bits per heavy atom.